The average Bonchev–Trinajstić information content (AvgIpc) is 2.98. The van der Waals surface area contributed by atoms with Crippen molar-refractivity contribution in [3.8, 4) is 5.75 Å². The second kappa shape index (κ2) is 7.67. The first kappa shape index (κ1) is 20.2. The number of anilines is 1. The van der Waals surface area contributed by atoms with E-state index in [2.05, 4.69) is 36.9 Å². The number of carboxylic acids is 2. The van der Waals surface area contributed by atoms with Gasteiger partial charge in [0.2, 0.25) is 0 Å². The molecular formula is C18H23N3O6. The van der Waals surface area contributed by atoms with E-state index in [1.807, 2.05) is 12.1 Å². The third-order valence-corrected chi connectivity index (χ3v) is 4.89. The molecule has 1 saturated heterocycles. The number of amides is 1. The zero-order valence-corrected chi connectivity index (χ0v) is 15.4. The minimum absolute atomic E-state index is 0.143. The first-order valence-electron chi connectivity index (χ1n) is 8.25. The maximum absolute atomic E-state index is 10.8. The van der Waals surface area contributed by atoms with Gasteiger partial charge in [-0.05, 0) is 25.1 Å². The van der Waals surface area contributed by atoms with Crippen molar-refractivity contribution in [2.24, 2.45) is 5.73 Å². The van der Waals surface area contributed by atoms with Crippen LogP contribution in [0, 0.1) is 0 Å². The normalized spacial score (nSPS) is 23.4. The Morgan fingerprint density at radius 1 is 1.22 bits per heavy atom. The van der Waals surface area contributed by atoms with E-state index in [0.717, 1.165) is 18.7 Å². The number of hydrogen-bond donors (Lipinski definition) is 3. The fraction of sp³-hybridized carbons (Fsp3) is 0.389. The molecule has 0 saturated carbocycles. The molecule has 0 radical (unpaired) electrons. The van der Waals surface area contributed by atoms with Crippen molar-refractivity contribution in [2.75, 3.05) is 25.5 Å². The van der Waals surface area contributed by atoms with Crippen LogP contribution < -0.4 is 15.4 Å². The molecule has 2 aliphatic heterocycles. The van der Waals surface area contributed by atoms with Gasteiger partial charge in [0.1, 0.15) is 5.75 Å². The summed E-state index contributed by atoms with van der Waals surface area (Å²) < 4.78 is 4.97. The number of aliphatic carboxylic acids is 2. The molecule has 27 heavy (non-hydrogen) atoms. The summed E-state index contributed by atoms with van der Waals surface area (Å²) in [6.45, 7) is 3.41. The number of rotatable bonds is 3. The van der Waals surface area contributed by atoms with Gasteiger partial charge in [-0.15, -0.1) is 0 Å². The number of nitrogens with zero attached hydrogens (tertiary/aromatic N) is 2. The van der Waals surface area contributed by atoms with Crippen LogP contribution >= 0.6 is 0 Å². The van der Waals surface area contributed by atoms with Crippen molar-refractivity contribution < 1.29 is 29.3 Å². The van der Waals surface area contributed by atoms with Gasteiger partial charge >= 0.3 is 18.0 Å². The molecule has 2 atom stereocenters. The predicted octanol–water partition coefficient (Wildman–Crippen LogP) is 1.23. The van der Waals surface area contributed by atoms with Gasteiger partial charge in [-0.1, -0.05) is 13.0 Å². The number of carbonyl (C=O) groups excluding carboxylic acids is 1. The highest BCUT2D eigenvalue weighted by atomic mass is 16.5. The molecule has 1 aromatic carbocycles. The number of hydrogen-bond acceptors (Lipinski definition) is 6. The van der Waals surface area contributed by atoms with E-state index in [9.17, 15) is 14.4 Å². The van der Waals surface area contributed by atoms with Crippen LogP contribution in [0.4, 0.5) is 10.5 Å². The quantitative estimate of drug-likeness (QED) is 0.670. The second-order valence-electron chi connectivity index (χ2n) is 6.74. The highest BCUT2D eigenvalue weighted by Crippen LogP contribution is 2.51. The largest absolute Gasteiger partial charge is 0.478 e. The summed E-state index contributed by atoms with van der Waals surface area (Å²) in [5.74, 6) is -2.01. The Balaban J connectivity index is 0.000000279. The summed E-state index contributed by atoms with van der Waals surface area (Å²) in [6, 6.07) is 5.78. The maximum atomic E-state index is 10.8. The van der Waals surface area contributed by atoms with Gasteiger partial charge in [-0.25, -0.2) is 14.4 Å². The maximum Gasteiger partial charge on any atom is 0.409 e. The summed E-state index contributed by atoms with van der Waals surface area (Å²) in [6.07, 6.45) is 1.85. The van der Waals surface area contributed by atoms with Crippen molar-refractivity contribution in [1.29, 1.82) is 0 Å². The lowest BCUT2D eigenvalue weighted by Crippen LogP contribution is -2.45. The van der Waals surface area contributed by atoms with Crippen LogP contribution in [0.3, 0.4) is 0 Å². The third-order valence-electron chi connectivity index (χ3n) is 4.89. The van der Waals surface area contributed by atoms with Crippen LogP contribution in [0.1, 0.15) is 18.9 Å². The topological polar surface area (TPSA) is 133 Å². The minimum Gasteiger partial charge on any atom is -0.478 e. The van der Waals surface area contributed by atoms with E-state index in [1.54, 1.807) is 0 Å². The number of fused-ring (bicyclic) bond motifs is 3. The van der Waals surface area contributed by atoms with Gasteiger partial charge in [-0.2, -0.15) is 0 Å². The summed E-state index contributed by atoms with van der Waals surface area (Å²) in [4.78, 5) is 34.6. The van der Waals surface area contributed by atoms with Gasteiger partial charge in [0, 0.05) is 42.9 Å². The number of carbonyl (C=O) groups is 3. The summed E-state index contributed by atoms with van der Waals surface area (Å²) in [7, 11) is 4.24. The highest BCUT2D eigenvalue weighted by molar-refractivity contribution is 5.89. The van der Waals surface area contributed by atoms with Crippen LogP contribution in [0.2, 0.25) is 0 Å². The standard InChI is InChI=1S/C14H19N3O2.C4H4O4/c1-14-6-7-16(2)12(14)17(3)11-8-9(19-13(15)18)4-5-10(11)14;5-3(6)1-2-4(7)8/h4-5,8,12H,6-7H2,1-3H3,(H2,15,18);1-2H,(H,5,6)(H,7,8)/b;2-1-. The Morgan fingerprint density at radius 2 is 1.81 bits per heavy atom. The van der Waals surface area contributed by atoms with Crippen molar-refractivity contribution in [3.63, 3.8) is 0 Å². The monoisotopic (exact) mass is 377 g/mol. The van der Waals surface area contributed by atoms with Crippen molar-refractivity contribution >= 4 is 23.7 Å². The summed E-state index contributed by atoms with van der Waals surface area (Å²) in [5.41, 5.74) is 7.65. The first-order chi connectivity index (χ1) is 12.6. The van der Waals surface area contributed by atoms with Crippen LogP contribution in [0.15, 0.2) is 30.4 Å². The van der Waals surface area contributed by atoms with Crippen molar-refractivity contribution in [3.05, 3.63) is 35.9 Å². The van der Waals surface area contributed by atoms with Gasteiger partial charge < -0.3 is 25.6 Å². The number of likely N-dealkylation sites (tertiary alicyclic amines) is 1. The van der Waals surface area contributed by atoms with E-state index in [4.69, 9.17) is 20.7 Å². The van der Waals surface area contributed by atoms with E-state index < -0.39 is 18.0 Å². The average molecular weight is 377 g/mol. The number of likely N-dealkylation sites (N-methyl/N-ethyl adjacent to an activating group) is 2. The lowest BCUT2D eigenvalue weighted by molar-refractivity contribution is -0.134. The third kappa shape index (κ3) is 4.20. The Labute approximate surface area is 156 Å². The van der Waals surface area contributed by atoms with E-state index in [-0.39, 0.29) is 5.41 Å². The molecule has 1 fully saturated rings. The Kier molecular flexibility index (Phi) is 5.75. The molecule has 0 aromatic heterocycles. The summed E-state index contributed by atoms with van der Waals surface area (Å²) >= 11 is 0. The number of nitrogens with two attached hydrogens (primary N) is 1. The Morgan fingerprint density at radius 3 is 2.33 bits per heavy atom. The molecule has 2 unspecified atom stereocenters. The smallest absolute Gasteiger partial charge is 0.409 e. The van der Waals surface area contributed by atoms with E-state index in [1.165, 1.54) is 5.56 Å². The predicted molar refractivity (Wildman–Crippen MR) is 97.9 cm³/mol. The lowest BCUT2D eigenvalue weighted by atomic mass is 9.81. The van der Waals surface area contributed by atoms with Crippen LogP contribution in [-0.2, 0) is 15.0 Å². The van der Waals surface area contributed by atoms with Gasteiger partial charge in [0.05, 0.1) is 6.17 Å². The molecule has 3 rings (SSSR count). The zero-order valence-electron chi connectivity index (χ0n) is 15.4. The molecule has 146 valence electrons. The molecule has 0 aliphatic carbocycles. The number of ether oxygens (including phenoxy) is 1. The number of benzene rings is 1. The van der Waals surface area contributed by atoms with Crippen molar-refractivity contribution in [1.82, 2.24) is 4.90 Å². The summed E-state index contributed by atoms with van der Waals surface area (Å²) in [5, 5.41) is 15.6. The molecule has 0 bridgehead atoms. The lowest BCUT2D eigenvalue weighted by Gasteiger charge is -2.32. The molecule has 0 spiro atoms. The zero-order chi connectivity index (χ0) is 20.4. The molecular weight excluding hydrogens is 354 g/mol. The SMILES string of the molecule is CN1CCC2(C)c3ccc(OC(N)=O)cc3N(C)C12.O=C(O)/C=C\C(=O)O. The molecule has 1 aromatic rings. The fourth-order valence-electron chi connectivity index (χ4n) is 3.88. The molecule has 4 N–H and O–H groups in total. The molecule has 2 aliphatic rings. The fourth-order valence-corrected chi connectivity index (χ4v) is 3.88. The highest BCUT2D eigenvalue weighted by Gasteiger charge is 2.52. The van der Waals surface area contributed by atoms with Gasteiger partial charge in [0.25, 0.3) is 0 Å². The second-order valence-corrected chi connectivity index (χ2v) is 6.74. The van der Waals surface area contributed by atoms with E-state index in [0.29, 0.717) is 24.1 Å². The molecule has 9 heteroatoms. The van der Waals surface area contributed by atoms with Gasteiger partial charge in [0.15, 0.2) is 0 Å². The van der Waals surface area contributed by atoms with Crippen LogP contribution in [-0.4, -0.2) is 60.0 Å². The van der Waals surface area contributed by atoms with Crippen LogP contribution in [0.25, 0.3) is 0 Å². The molecule has 9 nitrogen and oxygen atoms in total. The first-order valence-corrected chi connectivity index (χ1v) is 8.25. The number of primary amides is 1. The Hall–Kier alpha value is -3.07. The minimum atomic E-state index is -1.26. The van der Waals surface area contributed by atoms with Gasteiger partial charge in [-0.3, -0.25) is 4.90 Å². The molecule has 1 amide bonds. The van der Waals surface area contributed by atoms with E-state index >= 15 is 0 Å². The van der Waals surface area contributed by atoms with Crippen LogP contribution in [0.5, 0.6) is 5.75 Å². The van der Waals surface area contributed by atoms with Crippen molar-refractivity contribution in [2.45, 2.75) is 24.9 Å². The number of carboxylic acid groups (broad SMARTS) is 2. The molecule has 2 heterocycles. The Bertz CT molecular complexity index is 777.